The highest BCUT2D eigenvalue weighted by Gasteiger charge is 2.31. The molecule has 94 valence electrons. The number of hydrogen-bond acceptors (Lipinski definition) is 5. The molecule has 0 aromatic rings. The Morgan fingerprint density at radius 2 is 1.94 bits per heavy atom. The summed E-state index contributed by atoms with van der Waals surface area (Å²) in [7, 11) is -3.12. The number of amides is 2. The number of carbonyl (C=O) groups excluding carboxylic acids is 2. The smallest absolute Gasteiger partial charge is 0.310 e. The van der Waals surface area contributed by atoms with Gasteiger partial charge in [0.05, 0.1) is 17.1 Å². The molecule has 1 atom stereocenters. The van der Waals surface area contributed by atoms with Crippen molar-refractivity contribution >= 4 is 21.7 Å². The maximum Gasteiger partial charge on any atom is 0.310 e. The van der Waals surface area contributed by atoms with Gasteiger partial charge in [0.15, 0.2) is 9.84 Å². The molecule has 1 heterocycles. The molecular weight excluding hydrogens is 246 g/mol. The van der Waals surface area contributed by atoms with Crippen molar-refractivity contribution in [1.29, 1.82) is 5.26 Å². The number of carbonyl (C=O) groups is 2. The monoisotopic (exact) mass is 259 g/mol. The summed E-state index contributed by atoms with van der Waals surface area (Å²) in [6.45, 7) is -0.310. The van der Waals surface area contributed by atoms with E-state index in [4.69, 9.17) is 5.26 Å². The molecule has 1 fully saturated rings. The zero-order chi connectivity index (χ0) is 12.9. The average Bonchev–Trinajstić information content (AvgIpc) is 2.62. The van der Waals surface area contributed by atoms with Gasteiger partial charge in [0.2, 0.25) is 0 Å². The van der Waals surface area contributed by atoms with Crippen LogP contribution in [-0.4, -0.2) is 44.3 Å². The van der Waals surface area contributed by atoms with Crippen LogP contribution in [0.2, 0.25) is 0 Å². The third-order valence-corrected chi connectivity index (χ3v) is 4.76. The lowest BCUT2D eigenvalue weighted by molar-refractivity contribution is -0.139. The highest BCUT2D eigenvalue weighted by molar-refractivity contribution is 7.92. The first kappa shape index (κ1) is 13.4. The standard InChI is InChI=1S/C9H13N3O4S/c10-3-4-11-8(13)9(14)12-6-7-2-1-5-17(7,15)16/h7H,1-2,4-6H2,(H,11,13)(H,12,14). The van der Waals surface area contributed by atoms with E-state index in [1.807, 2.05) is 0 Å². The Balaban J connectivity index is 2.39. The van der Waals surface area contributed by atoms with Crippen LogP contribution < -0.4 is 10.6 Å². The minimum atomic E-state index is -3.12. The Hall–Kier alpha value is -1.62. The van der Waals surface area contributed by atoms with Gasteiger partial charge in [-0.3, -0.25) is 9.59 Å². The Morgan fingerprint density at radius 3 is 2.47 bits per heavy atom. The van der Waals surface area contributed by atoms with E-state index in [9.17, 15) is 18.0 Å². The fourth-order valence-electron chi connectivity index (χ4n) is 1.57. The molecule has 2 N–H and O–H groups in total. The number of nitrogens with zero attached hydrogens (tertiary/aromatic N) is 1. The molecule has 0 aromatic heterocycles. The van der Waals surface area contributed by atoms with Gasteiger partial charge in [-0.2, -0.15) is 5.26 Å². The molecule has 0 bridgehead atoms. The van der Waals surface area contributed by atoms with Crippen LogP contribution >= 0.6 is 0 Å². The van der Waals surface area contributed by atoms with Crippen molar-refractivity contribution in [2.24, 2.45) is 0 Å². The second-order valence-electron chi connectivity index (χ2n) is 3.68. The molecule has 8 heteroatoms. The van der Waals surface area contributed by atoms with Crippen LogP contribution in [0.3, 0.4) is 0 Å². The fraction of sp³-hybridized carbons (Fsp3) is 0.667. The molecule has 1 rings (SSSR count). The fourth-order valence-corrected chi connectivity index (χ4v) is 3.34. The normalized spacial score (nSPS) is 21.5. The summed E-state index contributed by atoms with van der Waals surface area (Å²) >= 11 is 0. The van der Waals surface area contributed by atoms with Gasteiger partial charge in [-0.25, -0.2) is 8.42 Å². The molecule has 7 nitrogen and oxygen atoms in total. The number of nitriles is 1. The quantitative estimate of drug-likeness (QED) is 0.464. The molecule has 0 aliphatic carbocycles. The number of hydrogen-bond donors (Lipinski definition) is 2. The van der Waals surface area contributed by atoms with Crippen molar-refractivity contribution in [3.8, 4) is 6.07 Å². The van der Waals surface area contributed by atoms with Crippen molar-refractivity contribution in [3.05, 3.63) is 0 Å². The highest BCUT2D eigenvalue weighted by Crippen LogP contribution is 2.18. The van der Waals surface area contributed by atoms with Gasteiger partial charge in [0, 0.05) is 6.54 Å². The van der Waals surface area contributed by atoms with Crippen LogP contribution in [0.25, 0.3) is 0 Å². The van der Waals surface area contributed by atoms with Crippen LogP contribution in [0.15, 0.2) is 0 Å². The summed E-state index contributed by atoms with van der Waals surface area (Å²) in [6.07, 6.45) is 1.09. The molecule has 1 unspecified atom stereocenters. The maximum absolute atomic E-state index is 11.4. The van der Waals surface area contributed by atoms with Crippen LogP contribution in [0.1, 0.15) is 12.8 Å². The Bertz CT molecular complexity index is 451. The second-order valence-corrected chi connectivity index (χ2v) is 6.08. The SMILES string of the molecule is N#CCNC(=O)C(=O)NCC1CCCS1(=O)=O. The lowest BCUT2D eigenvalue weighted by Gasteiger charge is -2.10. The summed E-state index contributed by atoms with van der Waals surface area (Å²) in [5.74, 6) is -1.71. The molecule has 1 aliphatic rings. The third-order valence-electron chi connectivity index (χ3n) is 2.49. The van der Waals surface area contributed by atoms with Crippen molar-refractivity contribution in [1.82, 2.24) is 10.6 Å². The van der Waals surface area contributed by atoms with E-state index < -0.39 is 26.9 Å². The summed E-state index contributed by atoms with van der Waals surface area (Å²) in [4.78, 5) is 22.2. The zero-order valence-electron chi connectivity index (χ0n) is 9.10. The Kier molecular flexibility index (Phi) is 4.45. The first-order chi connectivity index (χ1) is 7.97. The number of rotatable bonds is 3. The van der Waals surface area contributed by atoms with Crippen LogP contribution in [-0.2, 0) is 19.4 Å². The van der Waals surface area contributed by atoms with E-state index in [2.05, 4.69) is 10.6 Å². The molecule has 0 radical (unpaired) electrons. The van der Waals surface area contributed by atoms with E-state index in [1.54, 1.807) is 6.07 Å². The first-order valence-corrected chi connectivity index (χ1v) is 6.83. The van der Waals surface area contributed by atoms with Crippen molar-refractivity contribution < 1.29 is 18.0 Å². The lowest BCUT2D eigenvalue weighted by Crippen LogP contribution is -2.43. The predicted molar refractivity (Wildman–Crippen MR) is 58.4 cm³/mol. The van der Waals surface area contributed by atoms with Crippen LogP contribution in [0, 0.1) is 11.3 Å². The van der Waals surface area contributed by atoms with Gasteiger partial charge in [-0.15, -0.1) is 0 Å². The van der Waals surface area contributed by atoms with Crippen molar-refractivity contribution in [3.63, 3.8) is 0 Å². The van der Waals surface area contributed by atoms with E-state index in [0.717, 1.165) is 0 Å². The number of nitrogens with one attached hydrogen (secondary N) is 2. The third kappa shape index (κ3) is 3.71. The largest absolute Gasteiger partial charge is 0.347 e. The topological polar surface area (TPSA) is 116 Å². The van der Waals surface area contributed by atoms with Gasteiger partial charge in [0.25, 0.3) is 0 Å². The van der Waals surface area contributed by atoms with E-state index in [0.29, 0.717) is 12.8 Å². The lowest BCUT2D eigenvalue weighted by atomic mass is 10.2. The molecule has 0 saturated carbocycles. The summed E-state index contributed by atoms with van der Waals surface area (Å²) in [5.41, 5.74) is 0. The zero-order valence-corrected chi connectivity index (χ0v) is 9.92. The van der Waals surface area contributed by atoms with Gasteiger partial charge in [-0.05, 0) is 12.8 Å². The first-order valence-electron chi connectivity index (χ1n) is 5.12. The molecule has 17 heavy (non-hydrogen) atoms. The summed E-state index contributed by atoms with van der Waals surface area (Å²) in [6, 6.07) is 1.66. The second kappa shape index (κ2) is 5.63. The molecule has 1 saturated heterocycles. The van der Waals surface area contributed by atoms with Crippen molar-refractivity contribution in [2.75, 3.05) is 18.8 Å². The highest BCUT2D eigenvalue weighted by atomic mass is 32.2. The van der Waals surface area contributed by atoms with Crippen molar-refractivity contribution in [2.45, 2.75) is 18.1 Å². The molecule has 2 amide bonds. The molecular formula is C9H13N3O4S. The number of sulfone groups is 1. The maximum atomic E-state index is 11.4. The minimum absolute atomic E-state index is 0.0544. The molecule has 0 spiro atoms. The molecule has 0 aromatic carbocycles. The van der Waals surface area contributed by atoms with E-state index in [-0.39, 0.29) is 18.8 Å². The average molecular weight is 259 g/mol. The van der Waals surface area contributed by atoms with Crippen LogP contribution in [0.4, 0.5) is 0 Å². The predicted octanol–water partition coefficient (Wildman–Crippen LogP) is -1.68. The summed E-state index contributed by atoms with van der Waals surface area (Å²) < 4.78 is 22.8. The summed E-state index contributed by atoms with van der Waals surface area (Å²) in [5, 5.41) is 11.9. The Morgan fingerprint density at radius 1 is 1.29 bits per heavy atom. The van der Waals surface area contributed by atoms with Gasteiger partial charge < -0.3 is 10.6 Å². The minimum Gasteiger partial charge on any atom is -0.347 e. The van der Waals surface area contributed by atoms with Gasteiger partial charge in [-0.1, -0.05) is 0 Å². The van der Waals surface area contributed by atoms with Crippen LogP contribution in [0.5, 0.6) is 0 Å². The van der Waals surface area contributed by atoms with Gasteiger partial charge >= 0.3 is 11.8 Å². The molecule has 1 aliphatic heterocycles. The Labute approximate surface area is 99.1 Å². The van der Waals surface area contributed by atoms with E-state index >= 15 is 0 Å². The van der Waals surface area contributed by atoms with E-state index in [1.165, 1.54) is 0 Å². The van der Waals surface area contributed by atoms with Gasteiger partial charge in [0.1, 0.15) is 6.54 Å².